The van der Waals surface area contributed by atoms with E-state index in [1.165, 1.54) is 44.1 Å². The Bertz CT molecular complexity index is 810. The summed E-state index contributed by atoms with van der Waals surface area (Å²) < 4.78 is 11.0. The molecule has 3 saturated carbocycles. The van der Waals surface area contributed by atoms with Crippen molar-refractivity contribution in [2.45, 2.75) is 91.1 Å². The van der Waals surface area contributed by atoms with Crippen LogP contribution < -0.4 is 0 Å². The molecule has 30 heavy (non-hydrogen) atoms. The normalized spacial score (nSPS) is 46.5. The smallest absolute Gasteiger partial charge is 0.311 e. The van der Waals surface area contributed by atoms with Crippen molar-refractivity contribution in [3.63, 3.8) is 0 Å². The molecular formula is C26H36O4. The Kier molecular flexibility index (Phi) is 4.91. The zero-order valence-corrected chi connectivity index (χ0v) is 18.7. The van der Waals surface area contributed by atoms with Gasteiger partial charge in [0, 0.05) is 13.3 Å². The Morgan fingerprint density at radius 1 is 1.13 bits per heavy atom. The molecule has 1 saturated heterocycles. The molecule has 1 heterocycles. The fourth-order valence-corrected chi connectivity index (χ4v) is 8.13. The van der Waals surface area contributed by atoms with Crippen molar-refractivity contribution in [1.29, 1.82) is 0 Å². The molecule has 0 spiro atoms. The van der Waals surface area contributed by atoms with Crippen LogP contribution in [0.15, 0.2) is 23.5 Å². The maximum Gasteiger partial charge on any atom is 0.311 e. The summed E-state index contributed by atoms with van der Waals surface area (Å²) in [5.41, 5.74) is 2.03. The van der Waals surface area contributed by atoms with Crippen LogP contribution in [0.4, 0.5) is 0 Å². The number of hydrogen-bond donors (Lipinski definition) is 0. The van der Waals surface area contributed by atoms with E-state index in [0.29, 0.717) is 23.7 Å². The molecule has 4 nitrogen and oxygen atoms in total. The first-order valence-corrected chi connectivity index (χ1v) is 12.1. The summed E-state index contributed by atoms with van der Waals surface area (Å²) >= 11 is 0. The van der Waals surface area contributed by atoms with Gasteiger partial charge in [-0.2, -0.15) is 0 Å². The topological polar surface area (TPSA) is 52.6 Å². The van der Waals surface area contributed by atoms with Crippen molar-refractivity contribution >= 4 is 11.9 Å². The fraction of sp³-hybridized carbons (Fsp3) is 0.769. The predicted molar refractivity (Wildman–Crippen MR) is 114 cm³/mol. The number of rotatable bonds is 2. The summed E-state index contributed by atoms with van der Waals surface area (Å²) in [4.78, 5) is 23.0. The van der Waals surface area contributed by atoms with E-state index < -0.39 is 0 Å². The van der Waals surface area contributed by atoms with Gasteiger partial charge >= 0.3 is 11.9 Å². The van der Waals surface area contributed by atoms with Gasteiger partial charge in [-0.3, -0.25) is 9.59 Å². The zero-order valence-electron chi connectivity index (χ0n) is 18.7. The number of carbonyl (C=O) groups is 2. The molecule has 0 unspecified atom stereocenters. The summed E-state index contributed by atoms with van der Waals surface area (Å²) in [5.74, 6) is 3.64. The van der Waals surface area contributed by atoms with Crippen molar-refractivity contribution in [2.75, 3.05) is 0 Å². The maximum absolute atomic E-state index is 11.5. The molecule has 0 radical (unpaired) electrons. The minimum absolute atomic E-state index is 0.0825. The highest BCUT2D eigenvalue weighted by Crippen LogP contribution is 2.66. The summed E-state index contributed by atoms with van der Waals surface area (Å²) in [5, 5.41) is 0. The van der Waals surface area contributed by atoms with Crippen LogP contribution >= 0.6 is 0 Å². The lowest BCUT2D eigenvalue weighted by atomic mass is 9.44. The molecule has 5 aliphatic rings. The van der Waals surface area contributed by atoms with Crippen LogP contribution in [0.5, 0.6) is 0 Å². The van der Waals surface area contributed by atoms with Gasteiger partial charge in [0.2, 0.25) is 0 Å². The van der Waals surface area contributed by atoms with Gasteiger partial charge in [0.05, 0.1) is 6.42 Å². The molecule has 4 aliphatic carbocycles. The Balaban J connectivity index is 1.33. The number of esters is 2. The van der Waals surface area contributed by atoms with Gasteiger partial charge in [-0.05, 0) is 97.5 Å². The summed E-state index contributed by atoms with van der Waals surface area (Å²) in [6, 6.07) is 0. The molecule has 0 aromatic heterocycles. The third-order valence-electron chi connectivity index (χ3n) is 9.73. The number of carbonyl (C=O) groups excluding carboxylic acids is 2. The van der Waals surface area contributed by atoms with Crippen LogP contribution in [-0.2, 0) is 19.1 Å². The van der Waals surface area contributed by atoms with Crippen LogP contribution in [-0.4, -0.2) is 18.0 Å². The fourth-order valence-electron chi connectivity index (χ4n) is 8.13. The summed E-state index contributed by atoms with van der Waals surface area (Å²) in [7, 11) is 0. The lowest BCUT2D eigenvalue weighted by Crippen LogP contribution is -2.53. The number of fused-ring (bicyclic) bond motifs is 5. The van der Waals surface area contributed by atoms with E-state index >= 15 is 0 Å². The van der Waals surface area contributed by atoms with Crippen molar-refractivity contribution in [3.05, 3.63) is 23.5 Å². The second kappa shape index (κ2) is 7.24. The molecule has 0 N–H and O–H groups in total. The van der Waals surface area contributed by atoms with Crippen LogP contribution in [0.3, 0.4) is 0 Å². The van der Waals surface area contributed by atoms with Crippen LogP contribution in [0, 0.1) is 34.5 Å². The van der Waals surface area contributed by atoms with E-state index in [4.69, 9.17) is 9.47 Å². The minimum Gasteiger partial charge on any atom is -0.463 e. The lowest BCUT2D eigenvalue weighted by Gasteiger charge is -2.60. The van der Waals surface area contributed by atoms with Gasteiger partial charge in [-0.25, -0.2) is 0 Å². The van der Waals surface area contributed by atoms with Gasteiger partial charge in [0.15, 0.2) is 0 Å². The third kappa shape index (κ3) is 3.17. The largest absolute Gasteiger partial charge is 0.463 e. The summed E-state index contributed by atoms with van der Waals surface area (Å²) in [6.07, 6.45) is 15.6. The first kappa shape index (κ1) is 20.3. The molecule has 1 aliphatic heterocycles. The molecule has 0 bridgehead atoms. The van der Waals surface area contributed by atoms with Crippen molar-refractivity contribution in [1.82, 2.24) is 0 Å². The molecule has 0 amide bonds. The average Bonchev–Trinajstić information content (AvgIpc) is 3.25. The van der Waals surface area contributed by atoms with E-state index in [-0.39, 0.29) is 23.5 Å². The predicted octanol–water partition coefficient (Wildman–Crippen LogP) is 5.72. The molecule has 0 aromatic carbocycles. The highest BCUT2D eigenvalue weighted by atomic mass is 16.5. The standard InChI is InChI=1S/C26H36O4/c1-16(27)29-20-10-12-25(2)17(15-20)4-7-21-22-8-5-18(14-19-6-9-24(28)30-19)26(22,3)13-11-23(21)25/h5,14,17,20-23H,4,6-13,15H2,1-3H3/b19-14+/t17-,20+,21+,22+,23+,25+,26-/m1/s1. The van der Waals surface area contributed by atoms with Gasteiger partial charge < -0.3 is 9.47 Å². The van der Waals surface area contributed by atoms with Crippen molar-refractivity contribution in [2.24, 2.45) is 34.5 Å². The van der Waals surface area contributed by atoms with Crippen molar-refractivity contribution < 1.29 is 19.1 Å². The Labute approximate surface area is 180 Å². The molecule has 0 aromatic rings. The van der Waals surface area contributed by atoms with E-state index in [0.717, 1.165) is 36.9 Å². The highest BCUT2D eigenvalue weighted by molar-refractivity contribution is 5.73. The average molecular weight is 413 g/mol. The lowest BCUT2D eigenvalue weighted by molar-refractivity contribution is -0.158. The third-order valence-corrected chi connectivity index (χ3v) is 9.73. The second-order valence-electron chi connectivity index (χ2n) is 11.1. The first-order chi connectivity index (χ1) is 14.3. The maximum atomic E-state index is 11.5. The first-order valence-electron chi connectivity index (χ1n) is 12.1. The Morgan fingerprint density at radius 3 is 2.70 bits per heavy atom. The van der Waals surface area contributed by atoms with E-state index in [9.17, 15) is 9.59 Å². The second-order valence-corrected chi connectivity index (χ2v) is 11.1. The van der Waals surface area contributed by atoms with Crippen LogP contribution in [0.1, 0.15) is 85.0 Å². The number of hydrogen-bond acceptors (Lipinski definition) is 4. The van der Waals surface area contributed by atoms with E-state index in [1.807, 2.05) is 0 Å². The highest BCUT2D eigenvalue weighted by Gasteiger charge is 2.58. The molecule has 4 heteroatoms. The van der Waals surface area contributed by atoms with Crippen LogP contribution in [0.25, 0.3) is 0 Å². The minimum atomic E-state index is -0.127. The SMILES string of the molecule is CC(=O)O[C@H]1CC[C@@]2(C)[C@H](CC[C@@H]3[C@@H]2CC[C@]2(C)C(/C=C4\CCC(=O)O4)=CC[C@@H]32)C1. The molecule has 7 atom stereocenters. The van der Waals surface area contributed by atoms with Crippen LogP contribution in [0.2, 0.25) is 0 Å². The van der Waals surface area contributed by atoms with Gasteiger partial charge in [-0.15, -0.1) is 0 Å². The zero-order chi connectivity index (χ0) is 21.1. The molecule has 4 fully saturated rings. The monoisotopic (exact) mass is 412 g/mol. The molecule has 164 valence electrons. The molecular weight excluding hydrogens is 376 g/mol. The van der Waals surface area contributed by atoms with E-state index in [1.54, 1.807) is 6.92 Å². The number of ether oxygens (including phenoxy) is 2. The number of allylic oxidation sites excluding steroid dienone is 4. The number of cyclic esters (lactones) is 1. The van der Waals surface area contributed by atoms with Gasteiger partial charge in [0.1, 0.15) is 11.9 Å². The van der Waals surface area contributed by atoms with Gasteiger partial charge in [0.25, 0.3) is 0 Å². The Hall–Kier alpha value is -1.58. The molecule has 5 rings (SSSR count). The van der Waals surface area contributed by atoms with E-state index in [2.05, 4.69) is 26.0 Å². The quantitative estimate of drug-likeness (QED) is 0.545. The summed E-state index contributed by atoms with van der Waals surface area (Å²) in [6.45, 7) is 6.55. The Morgan fingerprint density at radius 2 is 1.97 bits per heavy atom. The van der Waals surface area contributed by atoms with Gasteiger partial charge in [-0.1, -0.05) is 19.9 Å². The van der Waals surface area contributed by atoms with Crippen molar-refractivity contribution in [3.8, 4) is 0 Å².